The molecule has 1 aliphatic heterocycles. The summed E-state index contributed by atoms with van der Waals surface area (Å²) in [6.07, 6.45) is -4.59. The maximum atomic E-state index is 12.9. The second-order valence-corrected chi connectivity index (χ2v) is 6.07. The predicted molar refractivity (Wildman–Crippen MR) is 89.5 cm³/mol. The quantitative estimate of drug-likeness (QED) is 0.678. The maximum absolute atomic E-state index is 12.9. The first-order valence-electron chi connectivity index (χ1n) is 7.29. The zero-order valence-electron chi connectivity index (χ0n) is 13.9. The summed E-state index contributed by atoms with van der Waals surface area (Å²) in [6, 6.07) is 2.24. The summed E-state index contributed by atoms with van der Waals surface area (Å²) in [5, 5.41) is 4.38. The Bertz CT molecular complexity index is 737. The van der Waals surface area contributed by atoms with E-state index in [2.05, 4.69) is 10.6 Å². The fourth-order valence-corrected chi connectivity index (χ4v) is 2.35. The molecule has 0 aliphatic carbocycles. The monoisotopic (exact) mass is 394 g/mol. The van der Waals surface area contributed by atoms with E-state index in [4.69, 9.17) is 5.73 Å². The van der Waals surface area contributed by atoms with Crippen molar-refractivity contribution in [3.8, 4) is 0 Å². The molecule has 0 bridgehead atoms. The zero-order valence-corrected chi connectivity index (χ0v) is 14.8. The van der Waals surface area contributed by atoms with E-state index < -0.39 is 41.7 Å². The van der Waals surface area contributed by atoms with Gasteiger partial charge in [-0.05, 0) is 37.6 Å². The van der Waals surface area contributed by atoms with Gasteiger partial charge in [0, 0.05) is 12.2 Å². The molecule has 4 N–H and O–H groups in total. The first kappa shape index (κ1) is 21.7. The van der Waals surface area contributed by atoms with Gasteiger partial charge in [0.05, 0.1) is 5.56 Å². The highest BCUT2D eigenvalue weighted by atomic mass is 35.5. The lowest BCUT2D eigenvalue weighted by molar-refractivity contribution is -0.137. The number of halogens is 4. The summed E-state index contributed by atoms with van der Waals surface area (Å²) in [5.41, 5.74) is 3.31. The number of nitrogens with two attached hydrogens (primary N) is 1. The number of nitrogens with one attached hydrogen (secondary N) is 2. The van der Waals surface area contributed by atoms with Crippen LogP contribution in [0.1, 0.15) is 25.0 Å². The topological polar surface area (TPSA) is 105 Å². The van der Waals surface area contributed by atoms with E-state index in [0.717, 1.165) is 17.0 Å². The Labute approximate surface area is 153 Å². The minimum atomic E-state index is -4.59. The van der Waals surface area contributed by atoms with Gasteiger partial charge in [0.15, 0.2) is 0 Å². The number of imide groups is 1. The Morgan fingerprint density at radius 2 is 1.88 bits per heavy atom. The summed E-state index contributed by atoms with van der Waals surface area (Å²) < 4.78 is 38.7. The van der Waals surface area contributed by atoms with Crippen molar-refractivity contribution in [2.24, 2.45) is 5.73 Å². The Morgan fingerprint density at radius 1 is 1.27 bits per heavy atom. The third-order valence-corrected chi connectivity index (χ3v) is 3.84. The van der Waals surface area contributed by atoms with Crippen LogP contribution in [0, 0.1) is 0 Å². The molecule has 1 aliphatic rings. The Hall–Kier alpha value is -2.33. The molecule has 0 saturated carbocycles. The standard InChI is InChI=1S/C15H17F3N4O3.ClH/c1-14(2)12(24)21-13(25)22(14)7-11(23)20-10-4-8(6-19)3-9(5-10)15(16,17)18;/h3-5H,6-7,19H2,1-2H3,(H,20,23)(H,21,24,25);1H. The maximum Gasteiger partial charge on any atom is 0.416 e. The number of alkyl halides is 3. The molecule has 1 heterocycles. The Balaban J connectivity index is 0.00000338. The van der Waals surface area contributed by atoms with Crippen LogP contribution in [-0.4, -0.2) is 34.8 Å². The van der Waals surface area contributed by atoms with Gasteiger partial charge in [0.1, 0.15) is 12.1 Å². The number of rotatable bonds is 4. The van der Waals surface area contributed by atoms with Gasteiger partial charge in [-0.15, -0.1) is 12.4 Å². The number of carbonyl (C=O) groups excluding carboxylic acids is 3. The molecule has 7 nitrogen and oxygen atoms in total. The SMILES string of the molecule is CC1(C)C(=O)NC(=O)N1CC(=O)Nc1cc(CN)cc(C(F)(F)F)c1.Cl. The number of amides is 4. The molecule has 144 valence electrons. The van der Waals surface area contributed by atoms with Gasteiger partial charge in [-0.2, -0.15) is 13.2 Å². The lowest BCUT2D eigenvalue weighted by Gasteiger charge is -2.27. The lowest BCUT2D eigenvalue weighted by Crippen LogP contribution is -2.47. The highest BCUT2D eigenvalue weighted by molar-refractivity contribution is 6.08. The number of hydrogen-bond donors (Lipinski definition) is 3. The van der Waals surface area contributed by atoms with Crippen molar-refractivity contribution in [3.63, 3.8) is 0 Å². The highest BCUT2D eigenvalue weighted by Crippen LogP contribution is 2.32. The summed E-state index contributed by atoms with van der Waals surface area (Å²) in [6.45, 7) is 2.29. The highest BCUT2D eigenvalue weighted by Gasteiger charge is 2.46. The van der Waals surface area contributed by atoms with Crippen LogP contribution < -0.4 is 16.4 Å². The van der Waals surface area contributed by atoms with E-state index in [1.165, 1.54) is 19.9 Å². The minimum Gasteiger partial charge on any atom is -0.326 e. The van der Waals surface area contributed by atoms with E-state index in [9.17, 15) is 27.6 Å². The summed E-state index contributed by atoms with van der Waals surface area (Å²) in [7, 11) is 0. The lowest BCUT2D eigenvalue weighted by atomic mass is 10.0. The Morgan fingerprint density at radius 3 is 2.35 bits per heavy atom. The molecule has 0 aromatic heterocycles. The molecule has 1 fully saturated rings. The molecule has 1 aromatic carbocycles. The first-order valence-corrected chi connectivity index (χ1v) is 7.29. The van der Waals surface area contributed by atoms with E-state index in [1.54, 1.807) is 0 Å². The van der Waals surface area contributed by atoms with Crippen LogP contribution in [0.25, 0.3) is 0 Å². The number of benzene rings is 1. The van der Waals surface area contributed by atoms with Crippen molar-refractivity contribution >= 4 is 35.9 Å². The molecular weight excluding hydrogens is 377 g/mol. The Kier molecular flexibility index (Phi) is 6.26. The fraction of sp³-hybridized carbons (Fsp3) is 0.400. The van der Waals surface area contributed by atoms with E-state index in [0.29, 0.717) is 0 Å². The van der Waals surface area contributed by atoms with Crippen molar-refractivity contribution in [1.82, 2.24) is 10.2 Å². The second-order valence-electron chi connectivity index (χ2n) is 6.07. The van der Waals surface area contributed by atoms with Gasteiger partial charge in [-0.3, -0.25) is 14.9 Å². The third kappa shape index (κ3) is 4.44. The molecule has 0 radical (unpaired) electrons. The van der Waals surface area contributed by atoms with Crippen LogP contribution in [0.15, 0.2) is 18.2 Å². The molecule has 2 rings (SSSR count). The molecular formula is C15H18ClF3N4O3. The third-order valence-electron chi connectivity index (χ3n) is 3.84. The molecule has 4 amide bonds. The van der Waals surface area contributed by atoms with Gasteiger partial charge in [0.2, 0.25) is 5.91 Å². The number of carbonyl (C=O) groups is 3. The number of hydrogen-bond acceptors (Lipinski definition) is 4. The molecule has 1 aromatic rings. The molecule has 26 heavy (non-hydrogen) atoms. The number of nitrogens with zero attached hydrogens (tertiary/aromatic N) is 1. The molecule has 1 saturated heterocycles. The van der Waals surface area contributed by atoms with Crippen LogP contribution in [-0.2, 0) is 22.3 Å². The van der Waals surface area contributed by atoms with E-state index >= 15 is 0 Å². The fourth-order valence-electron chi connectivity index (χ4n) is 2.35. The predicted octanol–water partition coefficient (Wildman–Crippen LogP) is 1.85. The smallest absolute Gasteiger partial charge is 0.326 e. The number of anilines is 1. The summed E-state index contributed by atoms with van der Waals surface area (Å²) in [4.78, 5) is 36.5. The van der Waals surface area contributed by atoms with Crippen LogP contribution in [0.3, 0.4) is 0 Å². The van der Waals surface area contributed by atoms with Crippen LogP contribution in [0.5, 0.6) is 0 Å². The minimum absolute atomic E-state index is 0. The molecule has 11 heteroatoms. The summed E-state index contributed by atoms with van der Waals surface area (Å²) >= 11 is 0. The van der Waals surface area contributed by atoms with Gasteiger partial charge < -0.3 is 16.0 Å². The van der Waals surface area contributed by atoms with Crippen LogP contribution in [0.2, 0.25) is 0 Å². The van der Waals surface area contributed by atoms with Crippen LogP contribution >= 0.6 is 12.4 Å². The molecule has 0 atom stereocenters. The molecule has 0 unspecified atom stereocenters. The zero-order chi connectivity index (χ0) is 19.0. The summed E-state index contributed by atoms with van der Waals surface area (Å²) in [5.74, 6) is -1.30. The number of urea groups is 1. The van der Waals surface area contributed by atoms with Crippen molar-refractivity contribution < 1.29 is 27.6 Å². The van der Waals surface area contributed by atoms with Gasteiger partial charge >= 0.3 is 12.2 Å². The average Bonchev–Trinajstić information content (AvgIpc) is 2.68. The first-order chi connectivity index (χ1) is 11.4. The van der Waals surface area contributed by atoms with Crippen molar-refractivity contribution in [1.29, 1.82) is 0 Å². The van der Waals surface area contributed by atoms with Crippen molar-refractivity contribution in [2.45, 2.75) is 32.1 Å². The van der Waals surface area contributed by atoms with E-state index in [-0.39, 0.29) is 30.2 Å². The van der Waals surface area contributed by atoms with Crippen molar-refractivity contribution in [3.05, 3.63) is 29.3 Å². The van der Waals surface area contributed by atoms with Gasteiger partial charge in [0.25, 0.3) is 5.91 Å². The van der Waals surface area contributed by atoms with Gasteiger partial charge in [-0.1, -0.05) is 0 Å². The largest absolute Gasteiger partial charge is 0.416 e. The van der Waals surface area contributed by atoms with E-state index in [1.807, 2.05) is 0 Å². The average molecular weight is 395 g/mol. The van der Waals surface area contributed by atoms with Crippen molar-refractivity contribution in [2.75, 3.05) is 11.9 Å². The second kappa shape index (κ2) is 7.50. The molecule has 0 spiro atoms. The van der Waals surface area contributed by atoms with Crippen LogP contribution in [0.4, 0.5) is 23.7 Å². The normalized spacial score (nSPS) is 16.2. The van der Waals surface area contributed by atoms with Gasteiger partial charge in [-0.25, -0.2) is 4.79 Å².